The summed E-state index contributed by atoms with van der Waals surface area (Å²) >= 11 is 1.69. The van der Waals surface area contributed by atoms with Gasteiger partial charge >= 0.3 is 0 Å². The van der Waals surface area contributed by atoms with Crippen molar-refractivity contribution in [2.75, 3.05) is 30.3 Å². The molecule has 3 atom stereocenters. The molecular formula is C23H35N7OS. The number of thiazole rings is 1. The number of hydrogen-bond acceptors (Lipinski definition) is 8. The highest BCUT2D eigenvalue weighted by Gasteiger charge is 2.23. The third-order valence-corrected chi connectivity index (χ3v) is 7.17. The molecule has 1 saturated heterocycles. The first-order chi connectivity index (χ1) is 15.3. The molecule has 1 aliphatic heterocycles. The van der Waals surface area contributed by atoms with Gasteiger partial charge in [-0.25, -0.2) is 9.97 Å². The van der Waals surface area contributed by atoms with E-state index in [0.29, 0.717) is 24.9 Å². The van der Waals surface area contributed by atoms with Gasteiger partial charge in [0.1, 0.15) is 16.6 Å². The van der Waals surface area contributed by atoms with Crippen LogP contribution in [0, 0.1) is 5.92 Å². The van der Waals surface area contributed by atoms with Gasteiger partial charge in [-0.3, -0.25) is 0 Å². The molecule has 9 heteroatoms. The summed E-state index contributed by atoms with van der Waals surface area (Å²) in [6.45, 7) is 13.0. The largest absolute Gasteiger partial charge is 0.391 e. The van der Waals surface area contributed by atoms with E-state index in [1.165, 1.54) is 0 Å². The smallest absolute Gasteiger partial charge is 0.163 e. The monoisotopic (exact) mass is 457 g/mol. The van der Waals surface area contributed by atoms with E-state index in [0.717, 1.165) is 46.5 Å². The van der Waals surface area contributed by atoms with Crippen LogP contribution in [0.5, 0.6) is 0 Å². The van der Waals surface area contributed by atoms with Crippen LogP contribution in [0.4, 0.5) is 11.6 Å². The Labute approximate surface area is 193 Å². The van der Waals surface area contributed by atoms with Crippen LogP contribution in [0.15, 0.2) is 17.6 Å². The molecule has 4 heterocycles. The Hall–Kier alpha value is -2.23. The maximum Gasteiger partial charge on any atom is 0.163 e. The number of piperidine rings is 1. The number of aliphatic hydroxyl groups excluding tert-OH is 1. The summed E-state index contributed by atoms with van der Waals surface area (Å²) in [5.74, 6) is 2.62. The highest BCUT2D eigenvalue weighted by molar-refractivity contribution is 7.09. The van der Waals surface area contributed by atoms with Gasteiger partial charge in [0.2, 0.25) is 0 Å². The quantitative estimate of drug-likeness (QED) is 0.406. The Morgan fingerprint density at radius 1 is 1.22 bits per heavy atom. The fraction of sp³-hybridized carbons (Fsp3) is 0.609. The molecule has 0 radical (unpaired) electrons. The number of aliphatic hydroxyl groups is 1. The molecule has 1 fully saturated rings. The normalized spacial score (nSPS) is 20.2. The molecule has 4 rings (SSSR count). The summed E-state index contributed by atoms with van der Waals surface area (Å²) in [5, 5.41) is 28.4. The molecule has 0 saturated carbocycles. The van der Waals surface area contributed by atoms with E-state index in [1.807, 2.05) is 16.8 Å². The minimum atomic E-state index is -0.334. The van der Waals surface area contributed by atoms with Crippen molar-refractivity contribution >= 4 is 28.6 Å². The number of β-amino-alcohol motifs (C(OH)–C–C–N with tert-alkyl or cyclic N) is 1. The average molecular weight is 458 g/mol. The van der Waals surface area contributed by atoms with E-state index in [9.17, 15) is 5.11 Å². The zero-order valence-electron chi connectivity index (χ0n) is 19.6. The molecule has 32 heavy (non-hydrogen) atoms. The lowest BCUT2D eigenvalue weighted by Gasteiger charge is -2.28. The van der Waals surface area contributed by atoms with Crippen molar-refractivity contribution in [2.24, 2.45) is 5.92 Å². The summed E-state index contributed by atoms with van der Waals surface area (Å²) in [5.41, 5.74) is 3.10. The molecule has 0 amide bonds. The van der Waals surface area contributed by atoms with Gasteiger partial charge < -0.3 is 21.1 Å². The number of nitrogens with one attached hydrogen (secondary N) is 3. The van der Waals surface area contributed by atoms with Gasteiger partial charge in [0.05, 0.1) is 24.0 Å². The highest BCUT2D eigenvalue weighted by Crippen LogP contribution is 2.29. The van der Waals surface area contributed by atoms with Crippen LogP contribution in [0.2, 0.25) is 0 Å². The molecule has 1 unspecified atom stereocenters. The number of anilines is 2. The van der Waals surface area contributed by atoms with Crippen molar-refractivity contribution in [3.8, 4) is 0 Å². The Kier molecular flexibility index (Phi) is 6.97. The van der Waals surface area contributed by atoms with Crippen LogP contribution in [-0.4, -0.2) is 50.4 Å². The predicted molar refractivity (Wildman–Crippen MR) is 131 cm³/mol. The van der Waals surface area contributed by atoms with E-state index in [4.69, 9.17) is 9.97 Å². The van der Waals surface area contributed by atoms with Crippen LogP contribution in [0.1, 0.15) is 75.2 Å². The van der Waals surface area contributed by atoms with Crippen LogP contribution in [-0.2, 0) is 0 Å². The molecule has 1 aliphatic rings. The maximum atomic E-state index is 10.3. The van der Waals surface area contributed by atoms with Gasteiger partial charge in [0.25, 0.3) is 0 Å². The topological polar surface area (TPSA) is 99.4 Å². The first-order valence-electron chi connectivity index (χ1n) is 11.6. The third kappa shape index (κ3) is 4.89. The fourth-order valence-corrected chi connectivity index (χ4v) is 4.99. The van der Waals surface area contributed by atoms with Crippen molar-refractivity contribution in [1.29, 1.82) is 0 Å². The summed E-state index contributed by atoms with van der Waals surface area (Å²) in [4.78, 5) is 9.68. The zero-order chi connectivity index (χ0) is 22.8. The van der Waals surface area contributed by atoms with E-state index >= 15 is 0 Å². The summed E-state index contributed by atoms with van der Waals surface area (Å²) in [6.07, 6.45) is 2.52. The lowest BCUT2D eigenvalue weighted by molar-refractivity contribution is 0.0883. The summed E-state index contributed by atoms with van der Waals surface area (Å²) in [7, 11) is 0. The fourth-order valence-electron chi connectivity index (χ4n) is 4.00. The number of aromatic nitrogens is 4. The number of rotatable bonds is 8. The second-order valence-electron chi connectivity index (χ2n) is 9.35. The number of fused-ring (bicyclic) bond motifs is 1. The first kappa shape index (κ1) is 22.9. The van der Waals surface area contributed by atoms with Gasteiger partial charge in [0.15, 0.2) is 5.65 Å². The van der Waals surface area contributed by atoms with Crippen molar-refractivity contribution in [3.05, 3.63) is 33.9 Å². The number of nitrogens with zero attached hydrogens (tertiary/aromatic N) is 4. The van der Waals surface area contributed by atoms with E-state index in [2.05, 4.69) is 61.0 Å². The highest BCUT2D eigenvalue weighted by atomic mass is 32.1. The average Bonchev–Trinajstić information content (AvgIpc) is 3.41. The van der Waals surface area contributed by atoms with Gasteiger partial charge in [-0.1, -0.05) is 27.7 Å². The first-order valence-corrected chi connectivity index (χ1v) is 12.4. The predicted octanol–water partition coefficient (Wildman–Crippen LogP) is 3.99. The SMILES string of the molecule is CC(C)c1csc(C(C)Nc2cc(NC[C@H]3CCNC[C@@H]3O)nc3c(C(C)C)cnn23)n1. The molecule has 3 aromatic heterocycles. The maximum absolute atomic E-state index is 10.3. The minimum Gasteiger partial charge on any atom is -0.391 e. The molecule has 0 aromatic carbocycles. The van der Waals surface area contributed by atoms with Crippen LogP contribution >= 0.6 is 11.3 Å². The molecule has 0 spiro atoms. The second kappa shape index (κ2) is 9.72. The van der Waals surface area contributed by atoms with Gasteiger partial charge in [-0.2, -0.15) is 9.61 Å². The Balaban J connectivity index is 1.60. The Morgan fingerprint density at radius 2 is 2.03 bits per heavy atom. The van der Waals surface area contributed by atoms with Crippen molar-refractivity contribution < 1.29 is 5.11 Å². The van der Waals surface area contributed by atoms with Gasteiger partial charge in [-0.05, 0) is 31.7 Å². The lowest BCUT2D eigenvalue weighted by Crippen LogP contribution is -2.43. The van der Waals surface area contributed by atoms with Crippen molar-refractivity contribution in [1.82, 2.24) is 24.9 Å². The second-order valence-corrected chi connectivity index (χ2v) is 10.2. The van der Waals surface area contributed by atoms with Gasteiger partial charge in [0, 0.05) is 36.0 Å². The number of hydrogen-bond donors (Lipinski definition) is 4. The molecule has 3 aromatic rings. The van der Waals surface area contributed by atoms with Crippen LogP contribution in [0.25, 0.3) is 5.65 Å². The molecular weight excluding hydrogens is 422 g/mol. The van der Waals surface area contributed by atoms with Crippen molar-refractivity contribution in [3.63, 3.8) is 0 Å². The summed E-state index contributed by atoms with van der Waals surface area (Å²) in [6, 6.07) is 2.05. The third-order valence-electron chi connectivity index (χ3n) is 6.12. The van der Waals surface area contributed by atoms with Gasteiger partial charge in [-0.15, -0.1) is 11.3 Å². The molecule has 4 N–H and O–H groups in total. The van der Waals surface area contributed by atoms with E-state index < -0.39 is 0 Å². The lowest BCUT2D eigenvalue weighted by atomic mass is 9.95. The van der Waals surface area contributed by atoms with Crippen LogP contribution in [0.3, 0.4) is 0 Å². The molecule has 0 aliphatic carbocycles. The van der Waals surface area contributed by atoms with E-state index in [-0.39, 0.29) is 18.1 Å². The standard InChI is InChI=1S/C23H35N7OS/c1-13(2)17-10-26-30-21(27-15(5)23-28-18(12-32-23)14(3)4)8-20(29-22(17)30)25-9-16-6-7-24-11-19(16)31/h8,10,12-16,19,24,27,31H,6-7,9,11H2,1-5H3,(H,25,29)/t15?,16-,19+/m1/s1. The minimum absolute atomic E-state index is 0.0453. The molecule has 174 valence electrons. The van der Waals surface area contributed by atoms with E-state index in [1.54, 1.807) is 11.3 Å². The summed E-state index contributed by atoms with van der Waals surface area (Å²) < 4.78 is 1.88. The molecule has 8 nitrogen and oxygen atoms in total. The van der Waals surface area contributed by atoms with Crippen molar-refractivity contribution in [2.45, 2.75) is 65.0 Å². The zero-order valence-corrected chi connectivity index (χ0v) is 20.4. The van der Waals surface area contributed by atoms with Crippen LogP contribution < -0.4 is 16.0 Å². The molecule has 0 bridgehead atoms. The Bertz CT molecular complexity index is 1040. The Morgan fingerprint density at radius 3 is 2.72 bits per heavy atom.